The number of hydrogen-bond acceptors (Lipinski definition) is 3. The van der Waals surface area contributed by atoms with Crippen LogP contribution in [0.2, 0.25) is 0 Å². The molecule has 4 heteroatoms. The number of benzene rings is 3. The zero-order valence-electron chi connectivity index (χ0n) is 15.1. The molecule has 3 aromatic rings. The van der Waals surface area contributed by atoms with Gasteiger partial charge in [0.25, 0.3) is 0 Å². The number of nitrogens with zero attached hydrogens (tertiary/aromatic N) is 2. The normalized spacial score (nSPS) is 18.7. The van der Waals surface area contributed by atoms with Gasteiger partial charge < -0.3 is 0 Å². The number of aryl methyl sites for hydroxylation is 1. The van der Waals surface area contributed by atoms with Crippen molar-refractivity contribution in [1.82, 2.24) is 0 Å². The van der Waals surface area contributed by atoms with Crippen molar-refractivity contribution in [3.05, 3.63) is 96.1 Å². The minimum absolute atomic E-state index is 0.0696. The van der Waals surface area contributed by atoms with Gasteiger partial charge in [-0.1, -0.05) is 78.0 Å². The third kappa shape index (κ3) is 3.96. The third-order valence-electron chi connectivity index (χ3n) is 4.49. The summed E-state index contributed by atoms with van der Waals surface area (Å²) >= 11 is 1.65. The lowest BCUT2D eigenvalue weighted by atomic mass is 10.1. The first kappa shape index (κ1) is 17.6. The molecule has 3 aromatic carbocycles. The fourth-order valence-electron chi connectivity index (χ4n) is 3.07. The molecule has 0 radical (unpaired) electrons. The van der Waals surface area contributed by atoms with Gasteiger partial charge in [-0.2, -0.15) is 0 Å². The van der Waals surface area contributed by atoms with Crippen molar-refractivity contribution in [1.29, 1.82) is 0 Å². The third-order valence-corrected chi connectivity index (χ3v) is 5.70. The lowest BCUT2D eigenvalue weighted by molar-refractivity contribution is -0.117. The molecule has 0 aliphatic carbocycles. The van der Waals surface area contributed by atoms with Crippen LogP contribution in [-0.2, 0) is 4.79 Å². The number of amides is 1. The second kappa shape index (κ2) is 7.80. The molecule has 1 atom stereocenters. The summed E-state index contributed by atoms with van der Waals surface area (Å²) in [5, 5.41) is 0.787. The minimum atomic E-state index is 0.0696. The van der Waals surface area contributed by atoms with Crippen LogP contribution in [0.5, 0.6) is 0 Å². The summed E-state index contributed by atoms with van der Waals surface area (Å²) in [7, 11) is 0. The Morgan fingerprint density at radius 1 is 0.889 bits per heavy atom. The lowest BCUT2D eigenvalue weighted by Gasteiger charge is -2.32. The highest BCUT2D eigenvalue weighted by Crippen LogP contribution is 2.41. The highest BCUT2D eigenvalue weighted by Gasteiger charge is 2.33. The molecule has 4 rings (SSSR count). The molecular weight excluding hydrogens is 352 g/mol. The molecule has 27 heavy (non-hydrogen) atoms. The van der Waals surface area contributed by atoms with E-state index in [4.69, 9.17) is 4.99 Å². The summed E-state index contributed by atoms with van der Waals surface area (Å²) < 4.78 is 0. The summed E-state index contributed by atoms with van der Waals surface area (Å²) in [6.45, 7) is 2.07. The van der Waals surface area contributed by atoms with Crippen LogP contribution in [0.15, 0.2) is 89.9 Å². The zero-order valence-corrected chi connectivity index (χ0v) is 15.9. The number of thioether (sulfide) groups is 1. The van der Waals surface area contributed by atoms with E-state index in [1.807, 2.05) is 60.7 Å². The maximum Gasteiger partial charge on any atom is 0.234 e. The minimum Gasteiger partial charge on any atom is -0.274 e. The highest BCUT2D eigenvalue weighted by molar-refractivity contribution is 8.14. The second-order valence-electron chi connectivity index (χ2n) is 6.52. The van der Waals surface area contributed by atoms with Crippen molar-refractivity contribution in [2.75, 3.05) is 4.90 Å². The maximum atomic E-state index is 13.1. The number of rotatable bonds is 3. The number of carbonyl (C=O) groups is 1. The van der Waals surface area contributed by atoms with Crippen molar-refractivity contribution in [2.45, 2.75) is 18.6 Å². The number of hydrogen-bond donors (Lipinski definition) is 0. The largest absolute Gasteiger partial charge is 0.274 e. The van der Waals surface area contributed by atoms with Gasteiger partial charge in [-0.05, 0) is 36.8 Å². The molecule has 0 spiro atoms. The van der Waals surface area contributed by atoms with Crippen molar-refractivity contribution < 1.29 is 4.79 Å². The van der Waals surface area contributed by atoms with Crippen LogP contribution in [0, 0.1) is 6.92 Å². The summed E-state index contributed by atoms with van der Waals surface area (Å²) in [5.74, 6) is 0.0696. The van der Waals surface area contributed by atoms with E-state index in [2.05, 4.69) is 31.2 Å². The fourth-order valence-corrected chi connectivity index (χ4v) is 4.31. The van der Waals surface area contributed by atoms with E-state index in [9.17, 15) is 4.79 Å². The number of anilines is 1. The standard InChI is InChI=1S/C23H20N2OS/c1-17-12-14-18(15-13-17)21-16-22(26)25(20-10-6-3-7-11-20)23(27-21)24-19-8-4-2-5-9-19/h2-15,21H,16H2,1H3/t21-/m0/s1. The molecule has 0 saturated carbocycles. The highest BCUT2D eigenvalue weighted by atomic mass is 32.2. The Bertz CT molecular complexity index is 953. The summed E-state index contributed by atoms with van der Waals surface area (Å²) in [6, 6.07) is 27.9. The maximum absolute atomic E-state index is 13.1. The van der Waals surface area contributed by atoms with Crippen LogP contribution in [-0.4, -0.2) is 11.1 Å². The first-order valence-corrected chi connectivity index (χ1v) is 9.83. The molecule has 1 fully saturated rings. The van der Waals surface area contributed by atoms with Gasteiger partial charge in [0.2, 0.25) is 5.91 Å². The van der Waals surface area contributed by atoms with Crippen molar-refractivity contribution in [3.8, 4) is 0 Å². The van der Waals surface area contributed by atoms with Gasteiger partial charge in [0.15, 0.2) is 5.17 Å². The molecule has 1 heterocycles. The van der Waals surface area contributed by atoms with Gasteiger partial charge in [0.05, 0.1) is 11.4 Å². The van der Waals surface area contributed by atoms with E-state index in [0.717, 1.165) is 16.9 Å². The average molecular weight is 372 g/mol. The zero-order chi connectivity index (χ0) is 18.6. The summed E-state index contributed by atoms with van der Waals surface area (Å²) in [5.41, 5.74) is 4.08. The molecule has 1 aliphatic rings. The summed E-state index contributed by atoms with van der Waals surface area (Å²) in [6.07, 6.45) is 0.455. The monoisotopic (exact) mass is 372 g/mol. The van der Waals surface area contributed by atoms with E-state index >= 15 is 0 Å². The van der Waals surface area contributed by atoms with Crippen LogP contribution in [0.1, 0.15) is 22.8 Å². The number of carbonyl (C=O) groups excluding carboxylic acids is 1. The van der Waals surface area contributed by atoms with E-state index in [1.165, 1.54) is 5.56 Å². The van der Waals surface area contributed by atoms with Crippen LogP contribution in [0.25, 0.3) is 0 Å². The number of para-hydroxylation sites is 2. The van der Waals surface area contributed by atoms with Gasteiger partial charge in [0.1, 0.15) is 0 Å². The Labute approximate surface area is 163 Å². The van der Waals surface area contributed by atoms with Crippen LogP contribution >= 0.6 is 11.8 Å². The van der Waals surface area contributed by atoms with E-state index in [0.29, 0.717) is 11.6 Å². The Kier molecular flexibility index (Phi) is 5.07. The Morgan fingerprint density at radius 3 is 2.19 bits per heavy atom. The molecule has 0 aromatic heterocycles. The van der Waals surface area contributed by atoms with Crippen LogP contribution < -0.4 is 4.90 Å². The Balaban J connectivity index is 1.73. The van der Waals surface area contributed by atoms with Crippen LogP contribution in [0.3, 0.4) is 0 Å². The smallest absolute Gasteiger partial charge is 0.234 e. The second-order valence-corrected chi connectivity index (χ2v) is 7.69. The first-order chi connectivity index (χ1) is 13.2. The Morgan fingerprint density at radius 2 is 1.52 bits per heavy atom. The molecule has 0 bridgehead atoms. The topological polar surface area (TPSA) is 32.7 Å². The lowest BCUT2D eigenvalue weighted by Crippen LogP contribution is -2.40. The van der Waals surface area contributed by atoms with Crippen molar-refractivity contribution >= 4 is 34.2 Å². The average Bonchev–Trinajstić information content (AvgIpc) is 2.70. The van der Waals surface area contributed by atoms with Gasteiger partial charge in [-0.25, -0.2) is 4.99 Å². The fraction of sp³-hybridized carbons (Fsp3) is 0.130. The Hall–Kier alpha value is -2.85. The molecular formula is C23H20N2OS. The number of aliphatic imine (C=N–C) groups is 1. The van der Waals surface area contributed by atoms with Gasteiger partial charge in [0, 0.05) is 11.7 Å². The van der Waals surface area contributed by atoms with E-state index < -0.39 is 0 Å². The SMILES string of the molecule is Cc1ccc([C@@H]2CC(=O)N(c3ccccc3)C(=Nc3ccccc3)S2)cc1. The molecule has 0 N–H and O–H groups in total. The molecule has 1 aliphatic heterocycles. The van der Waals surface area contributed by atoms with E-state index in [1.54, 1.807) is 16.7 Å². The number of amidine groups is 1. The quantitative estimate of drug-likeness (QED) is 0.574. The predicted molar refractivity (Wildman–Crippen MR) is 114 cm³/mol. The molecule has 1 amide bonds. The van der Waals surface area contributed by atoms with Gasteiger partial charge >= 0.3 is 0 Å². The molecule has 134 valence electrons. The molecule has 0 unspecified atom stereocenters. The van der Waals surface area contributed by atoms with E-state index in [-0.39, 0.29) is 11.2 Å². The van der Waals surface area contributed by atoms with Crippen molar-refractivity contribution in [3.63, 3.8) is 0 Å². The molecule has 3 nitrogen and oxygen atoms in total. The molecule has 1 saturated heterocycles. The van der Waals surface area contributed by atoms with Crippen LogP contribution in [0.4, 0.5) is 11.4 Å². The van der Waals surface area contributed by atoms with Crippen molar-refractivity contribution in [2.24, 2.45) is 4.99 Å². The first-order valence-electron chi connectivity index (χ1n) is 8.96. The van der Waals surface area contributed by atoms with Gasteiger partial charge in [-0.15, -0.1) is 0 Å². The summed E-state index contributed by atoms with van der Waals surface area (Å²) in [4.78, 5) is 19.6. The predicted octanol–water partition coefficient (Wildman–Crippen LogP) is 5.89. The van der Waals surface area contributed by atoms with Gasteiger partial charge in [-0.3, -0.25) is 9.69 Å².